The van der Waals surface area contributed by atoms with Crippen LogP contribution in [0.25, 0.3) is 38.9 Å². The molecule has 5 rings (SSSR count). The van der Waals surface area contributed by atoms with Gasteiger partial charge in [-0.05, 0) is 54.8 Å². The van der Waals surface area contributed by atoms with Gasteiger partial charge in [0, 0.05) is 35.0 Å². The van der Waals surface area contributed by atoms with E-state index in [-0.39, 0.29) is 0 Å². The molecule has 136 valence electrons. The molecule has 0 saturated carbocycles. The Bertz CT molecular complexity index is 1330. The first kappa shape index (κ1) is 16.7. The van der Waals surface area contributed by atoms with Gasteiger partial charge in [-0.2, -0.15) is 0 Å². The van der Waals surface area contributed by atoms with Crippen molar-refractivity contribution >= 4 is 16.6 Å². The van der Waals surface area contributed by atoms with Gasteiger partial charge in [0.15, 0.2) is 6.20 Å². The van der Waals surface area contributed by atoms with Crippen LogP contribution in [0.1, 0.15) is 11.1 Å². The van der Waals surface area contributed by atoms with E-state index in [9.17, 15) is 0 Å². The molecule has 2 aromatic carbocycles. The summed E-state index contributed by atoms with van der Waals surface area (Å²) in [5.41, 5.74) is 9.49. The smallest absolute Gasteiger partial charge is 0.212 e. The summed E-state index contributed by atoms with van der Waals surface area (Å²) >= 11 is 0. The van der Waals surface area contributed by atoms with E-state index in [1.54, 1.807) is 0 Å². The Labute approximate surface area is 164 Å². The first-order chi connectivity index (χ1) is 13.6. The fraction of sp³-hybridized carbons (Fsp3) is 0.120. The molecule has 0 saturated heterocycles. The fourth-order valence-electron chi connectivity index (χ4n) is 3.98. The summed E-state index contributed by atoms with van der Waals surface area (Å²) in [6.45, 7) is 4.35. The molecule has 0 radical (unpaired) electrons. The van der Waals surface area contributed by atoms with Crippen molar-refractivity contribution in [2.24, 2.45) is 7.05 Å². The lowest BCUT2D eigenvalue weighted by molar-refractivity contribution is -0.660. The number of pyridine rings is 1. The number of nitrogens with zero attached hydrogens (tertiary/aromatic N) is 3. The van der Waals surface area contributed by atoms with Crippen molar-refractivity contribution in [2.75, 3.05) is 0 Å². The van der Waals surface area contributed by atoms with Crippen LogP contribution in [0.4, 0.5) is 0 Å². The van der Waals surface area contributed by atoms with E-state index in [0.29, 0.717) is 0 Å². The molecule has 0 fully saturated rings. The first-order valence-corrected chi connectivity index (χ1v) is 9.54. The zero-order valence-electron chi connectivity index (χ0n) is 16.3. The van der Waals surface area contributed by atoms with Crippen molar-refractivity contribution in [1.29, 1.82) is 0 Å². The Morgan fingerprint density at radius 1 is 0.857 bits per heavy atom. The Balaban J connectivity index is 1.70. The molecule has 0 amide bonds. The summed E-state index contributed by atoms with van der Waals surface area (Å²) < 4.78 is 4.30. The summed E-state index contributed by atoms with van der Waals surface area (Å²) in [5.74, 6) is 0. The molecule has 0 spiro atoms. The fourth-order valence-corrected chi connectivity index (χ4v) is 3.98. The quantitative estimate of drug-likeness (QED) is 0.391. The molecule has 0 aliphatic heterocycles. The minimum atomic E-state index is 0.980. The lowest BCUT2D eigenvalue weighted by atomic mass is 9.97. The number of benzene rings is 2. The molecule has 5 aromatic rings. The monoisotopic (exact) mass is 364 g/mol. The lowest BCUT2D eigenvalue weighted by Crippen LogP contribution is -2.31. The third-order valence-electron chi connectivity index (χ3n) is 5.48. The number of aryl methyl sites for hydroxylation is 3. The standard InChI is InChI=1S/C25H22N3/c1-17-12-23-20(15-28-11-7-10-25(28)26-23)14-21(17)24-13-18(2)22(16-27(24)3)19-8-5-4-6-9-19/h4-16H,1-3H3/q+1. The predicted molar refractivity (Wildman–Crippen MR) is 114 cm³/mol. The average Bonchev–Trinajstić information content (AvgIpc) is 3.15. The Kier molecular flexibility index (Phi) is 3.76. The van der Waals surface area contributed by atoms with Crippen molar-refractivity contribution in [3.63, 3.8) is 0 Å². The van der Waals surface area contributed by atoms with E-state index in [1.807, 2.05) is 18.3 Å². The van der Waals surface area contributed by atoms with Crippen LogP contribution in [0.15, 0.2) is 79.3 Å². The highest BCUT2D eigenvalue weighted by Crippen LogP contribution is 2.29. The van der Waals surface area contributed by atoms with Gasteiger partial charge in [-0.3, -0.25) is 0 Å². The van der Waals surface area contributed by atoms with Gasteiger partial charge in [-0.1, -0.05) is 30.3 Å². The average molecular weight is 364 g/mol. The SMILES string of the molecule is Cc1cc(-c2cc3cn4cccc4nc3cc2C)[n+](C)cc1-c1ccccc1. The van der Waals surface area contributed by atoms with E-state index in [2.05, 4.69) is 90.8 Å². The molecular weight excluding hydrogens is 342 g/mol. The zero-order valence-corrected chi connectivity index (χ0v) is 16.3. The molecule has 0 atom stereocenters. The second-order valence-electron chi connectivity index (χ2n) is 7.47. The second-order valence-corrected chi connectivity index (χ2v) is 7.47. The van der Waals surface area contributed by atoms with Crippen LogP contribution in [0.2, 0.25) is 0 Å². The van der Waals surface area contributed by atoms with Gasteiger partial charge >= 0.3 is 0 Å². The molecule has 0 bridgehead atoms. The lowest BCUT2D eigenvalue weighted by Gasteiger charge is -2.11. The molecule has 3 nitrogen and oxygen atoms in total. The van der Waals surface area contributed by atoms with E-state index < -0.39 is 0 Å². The molecule has 3 heterocycles. The minimum Gasteiger partial charge on any atom is -0.308 e. The van der Waals surface area contributed by atoms with Crippen molar-refractivity contribution in [2.45, 2.75) is 13.8 Å². The molecule has 3 heteroatoms. The van der Waals surface area contributed by atoms with E-state index in [0.717, 1.165) is 16.6 Å². The van der Waals surface area contributed by atoms with Crippen molar-refractivity contribution in [3.05, 3.63) is 90.4 Å². The molecule has 28 heavy (non-hydrogen) atoms. The number of hydrogen-bond acceptors (Lipinski definition) is 1. The van der Waals surface area contributed by atoms with Gasteiger partial charge in [-0.25, -0.2) is 9.55 Å². The largest absolute Gasteiger partial charge is 0.308 e. The Hall–Kier alpha value is -3.46. The summed E-state index contributed by atoms with van der Waals surface area (Å²) in [4.78, 5) is 4.78. The third-order valence-corrected chi connectivity index (χ3v) is 5.48. The van der Waals surface area contributed by atoms with Crippen LogP contribution in [0, 0.1) is 13.8 Å². The van der Waals surface area contributed by atoms with Gasteiger partial charge < -0.3 is 4.40 Å². The number of aromatic nitrogens is 3. The highest BCUT2D eigenvalue weighted by atomic mass is 15.0. The highest BCUT2D eigenvalue weighted by Gasteiger charge is 2.17. The summed E-state index contributed by atoms with van der Waals surface area (Å²) in [5, 5.41) is 1.15. The van der Waals surface area contributed by atoms with Gasteiger partial charge in [0.05, 0.1) is 5.52 Å². The second kappa shape index (κ2) is 6.31. The molecule has 0 N–H and O–H groups in total. The van der Waals surface area contributed by atoms with E-state index >= 15 is 0 Å². The predicted octanol–water partition coefficient (Wildman–Crippen LogP) is 5.26. The van der Waals surface area contributed by atoms with Gasteiger partial charge in [0.2, 0.25) is 5.69 Å². The molecule has 3 aromatic heterocycles. The van der Waals surface area contributed by atoms with Gasteiger partial charge in [0.1, 0.15) is 12.7 Å². The maximum absolute atomic E-state index is 4.78. The summed E-state index contributed by atoms with van der Waals surface area (Å²) in [6, 6.07) is 21.4. The maximum Gasteiger partial charge on any atom is 0.212 e. The molecular formula is C25H22N3+. The topological polar surface area (TPSA) is 21.2 Å². The zero-order chi connectivity index (χ0) is 19.3. The van der Waals surface area contributed by atoms with Crippen LogP contribution >= 0.6 is 0 Å². The van der Waals surface area contributed by atoms with E-state index in [1.165, 1.54) is 33.5 Å². The van der Waals surface area contributed by atoms with Crippen LogP contribution in [0.5, 0.6) is 0 Å². The number of hydrogen-bond donors (Lipinski definition) is 0. The highest BCUT2D eigenvalue weighted by molar-refractivity contribution is 5.86. The molecule has 0 unspecified atom stereocenters. The third kappa shape index (κ3) is 2.67. The first-order valence-electron chi connectivity index (χ1n) is 9.54. The number of fused-ring (bicyclic) bond motifs is 2. The van der Waals surface area contributed by atoms with Gasteiger partial charge in [0.25, 0.3) is 0 Å². The van der Waals surface area contributed by atoms with Crippen molar-refractivity contribution < 1.29 is 4.57 Å². The minimum absolute atomic E-state index is 0.980. The number of rotatable bonds is 2. The van der Waals surface area contributed by atoms with Crippen LogP contribution in [-0.2, 0) is 7.05 Å². The van der Waals surface area contributed by atoms with E-state index in [4.69, 9.17) is 4.98 Å². The van der Waals surface area contributed by atoms with Crippen LogP contribution in [-0.4, -0.2) is 9.38 Å². The normalized spacial score (nSPS) is 11.4. The maximum atomic E-state index is 4.78. The van der Waals surface area contributed by atoms with Crippen LogP contribution < -0.4 is 4.57 Å². The molecule has 0 aliphatic carbocycles. The Morgan fingerprint density at radius 3 is 2.46 bits per heavy atom. The van der Waals surface area contributed by atoms with Crippen molar-refractivity contribution in [1.82, 2.24) is 9.38 Å². The Morgan fingerprint density at radius 2 is 1.64 bits per heavy atom. The summed E-state index contributed by atoms with van der Waals surface area (Å²) in [6.07, 6.45) is 6.43. The van der Waals surface area contributed by atoms with Crippen LogP contribution in [0.3, 0.4) is 0 Å². The molecule has 0 aliphatic rings. The van der Waals surface area contributed by atoms with Gasteiger partial charge in [-0.15, -0.1) is 0 Å². The summed E-state index contributed by atoms with van der Waals surface area (Å²) in [7, 11) is 2.12. The van der Waals surface area contributed by atoms with Crippen molar-refractivity contribution in [3.8, 4) is 22.4 Å².